The molecule has 2 aromatic heterocycles. The number of nitrogens with one attached hydrogen (secondary N) is 1. The van der Waals surface area contributed by atoms with Gasteiger partial charge in [-0.2, -0.15) is 18.4 Å². The highest BCUT2D eigenvalue weighted by atomic mass is 19.4. The van der Waals surface area contributed by atoms with Crippen molar-refractivity contribution in [1.82, 2.24) is 19.1 Å². The van der Waals surface area contributed by atoms with Gasteiger partial charge in [0, 0.05) is 37.2 Å². The minimum absolute atomic E-state index is 0.0154. The summed E-state index contributed by atoms with van der Waals surface area (Å²) >= 11 is 0. The summed E-state index contributed by atoms with van der Waals surface area (Å²) in [6.45, 7) is 1.68. The van der Waals surface area contributed by atoms with Crippen LogP contribution in [0.5, 0.6) is 0 Å². The third-order valence-electron chi connectivity index (χ3n) is 5.35. The number of aryl methyl sites for hydroxylation is 2. The van der Waals surface area contributed by atoms with Crippen molar-refractivity contribution >= 4 is 11.3 Å². The van der Waals surface area contributed by atoms with Crippen molar-refractivity contribution in [3.05, 3.63) is 72.3 Å². The molecular formula is C22H21F3N6. The molecule has 2 heterocycles. The van der Waals surface area contributed by atoms with Crippen LogP contribution < -0.4 is 5.32 Å². The van der Waals surface area contributed by atoms with Crippen LogP contribution in [-0.4, -0.2) is 25.1 Å². The van der Waals surface area contributed by atoms with Crippen molar-refractivity contribution in [3.8, 4) is 6.07 Å². The van der Waals surface area contributed by atoms with E-state index in [2.05, 4.69) is 25.9 Å². The van der Waals surface area contributed by atoms with E-state index in [0.29, 0.717) is 18.5 Å². The highest BCUT2D eigenvalue weighted by Gasteiger charge is 2.34. The average Bonchev–Trinajstić information content (AvgIpc) is 3.49. The molecule has 0 fully saturated rings. The maximum atomic E-state index is 13.2. The molecule has 3 aromatic rings. The summed E-state index contributed by atoms with van der Waals surface area (Å²) in [6, 6.07) is 5.34. The molecular weight excluding hydrogens is 405 g/mol. The number of rotatable bonds is 7. The van der Waals surface area contributed by atoms with Crippen molar-refractivity contribution in [1.29, 1.82) is 5.26 Å². The third-order valence-corrected chi connectivity index (χ3v) is 5.35. The number of nitrogens with zero attached hydrogens (tertiary/aromatic N) is 5. The van der Waals surface area contributed by atoms with Crippen LogP contribution in [0.3, 0.4) is 0 Å². The maximum absolute atomic E-state index is 13.2. The summed E-state index contributed by atoms with van der Waals surface area (Å²) in [5.74, 6) is 0. The highest BCUT2D eigenvalue weighted by Crippen LogP contribution is 2.35. The van der Waals surface area contributed by atoms with Crippen LogP contribution in [0.25, 0.3) is 5.57 Å². The summed E-state index contributed by atoms with van der Waals surface area (Å²) in [4.78, 5) is 8.32. The van der Waals surface area contributed by atoms with Crippen LogP contribution in [0.1, 0.15) is 36.1 Å². The highest BCUT2D eigenvalue weighted by molar-refractivity contribution is 5.67. The number of alkyl halides is 3. The van der Waals surface area contributed by atoms with Gasteiger partial charge in [-0.25, -0.2) is 9.97 Å². The predicted molar refractivity (Wildman–Crippen MR) is 110 cm³/mol. The second-order valence-electron chi connectivity index (χ2n) is 7.51. The Hall–Kier alpha value is -3.54. The number of hydrogen-bond donors (Lipinski definition) is 1. The van der Waals surface area contributed by atoms with E-state index in [0.717, 1.165) is 36.8 Å². The van der Waals surface area contributed by atoms with Crippen molar-refractivity contribution in [2.75, 3.05) is 5.32 Å². The summed E-state index contributed by atoms with van der Waals surface area (Å²) in [5.41, 5.74) is 1.23. The number of benzene rings is 1. The first-order valence-electron chi connectivity index (χ1n) is 9.97. The first-order chi connectivity index (χ1) is 14.9. The normalized spacial score (nSPS) is 16.2. The molecule has 160 valence electrons. The monoisotopic (exact) mass is 426 g/mol. The average molecular weight is 426 g/mol. The van der Waals surface area contributed by atoms with E-state index in [1.165, 1.54) is 12.1 Å². The van der Waals surface area contributed by atoms with Gasteiger partial charge in [-0.1, -0.05) is 6.08 Å². The minimum atomic E-state index is -4.56. The van der Waals surface area contributed by atoms with Gasteiger partial charge in [-0.15, -0.1) is 0 Å². The SMILES string of the molecule is N#Cc1ccc(NC2CC=C(c3cncn3CCCn3ccnc3)C2)cc1C(F)(F)F. The number of anilines is 1. The number of imidazole rings is 2. The molecule has 1 aromatic carbocycles. The minimum Gasteiger partial charge on any atom is -0.382 e. The van der Waals surface area contributed by atoms with Gasteiger partial charge in [0.1, 0.15) is 0 Å². The molecule has 0 saturated carbocycles. The fraction of sp³-hybridized carbons (Fsp3) is 0.318. The number of aromatic nitrogens is 4. The molecule has 0 saturated heterocycles. The molecule has 0 amide bonds. The molecule has 1 N–H and O–H groups in total. The third kappa shape index (κ3) is 4.79. The molecule has 1 aliphatic carbocycles. The second-order valence-corrected chi connectivity index (χ2v) is 7.51. The summed E-state index contributed by atoms with van der Waals surface area (Å²) < 4.78 is 43.8. The molecule has 0 spiro atoms. The van der Waals surface area contributed by atoms with Crippen LogP contribution in [0.2, 0.25) is 0 Å². The lowest BCUT2D eigenvalue weighted by atomic mass is 10.1. The van der Waals surface area contributed by atoms with Crippen molar-refractivity contribution in [3.63, 3.8) is 0 Å². The Balaban J connectivity index is 1.38. The number of halogens is 3. The molecule has 0 aliphatic heterocycles. The Morgan fingerprint density at radius 1 is 1.19 bits per heavy atom. The topological polar surface area (TPSA) is 71.5 Å². The van der Waals surface area contributed by atoms with E-state index in [4.69, 9.17) is 5.26 Å². The molecule has 0 radical (unpaired) electrons. The van der Waals surface area contributed by atoms with Crippen LogP contribution in [-0.2, 0) is 19.3 Å². The number of nitriles is 1. The van der Waals surface area contributed by atoms with Gasteiger partial charge in [0.05, 0.1) is 41.7 Å². The zero-order valence-corrected chi connectivity index (χ0v) is 16.7. The lowest BCUT2D eigenvalue weighted by Crippen LogP contribution is -2.17. The first-order valence-corrected chi connectivity index (χ1v) is 9.97. The molecule has 9 heteroatoms. The number of hydrogen-bond acceptors (Lipinski definition) is 4. The predicted octanol–water partition coefficient (Wildman–Crippen LogP) is 4.72. The molecule has 4 rings (SSSR count). The fourth-order valence-electron chi connectivity index (χ4n) is 3.85. The van der Waals surface area contributed by atoms with Crippen molar-refractivity contribution in [2.24, 2.45) is 0 Å². The summed E-state index contributed by atoms with van der Waals surface area (Å²) in [6.07, 6.45) is 8.97. The van der Waals surface area contributed by atoms with Gasteiger partial charge in [0.2, 0.25) is 0 Å². The summed E-state index contributed by atoms with van der Waals surface area (Å²) in [5, 5.41) is 12.1. The zero-order valence-electron chi connectivity index (χ0n) is 16.7. The van der Waals surface area contributed by atoms with Gasteiger partial charge in [-0.3, -0.25) is 0 Å². The maximum Gasteiger partial charge on any atom is 0.417 e. The van der Waals surface area contributed by atoms with Crippen molar-refractivity contribution in [2.45, 2.75) is 44.6 Å². The summed E-state index contributed by atoms with van der Waals surface area (Å²) in [7, 11) is 0. The Morgan fingerprint density at radius 2 is 2.06 bits per heavy atom. The standard InChI is InChI=1S/C22H21F3N6/c23-22(24,25)20-11-19(5-3-17(20)12-26)29-18-4-2-16(10-18)21-13-28-15-31(21)8-1-7-30-9-6-27-14-30/h2-3,5-6,9,11,13-15,18,29H,1,4,7-8,10H2. The zero-order chi connectivity index (χ0) is 21.8. The van der Waals surface area contributed by atoms with E-state index in [9.17, 15) is 13.2 Å². The Bertz CT molecular complexity index is 1110. The van der Waals surface area contributed by atoms with Gasteiger partial charge in [0.15, 0.2) is 0 Å². The first kappa shape index (κ1) is 20.7. The van der Waals surface area contributed by atoms with Gasteiger partial charge in [0.25, 0.3) is 0 Å². The van der Waals surface area contributed by atoms with Crippen molar-refractivity contribution < 1.29 is 13.2 Å². The molecule has 6 nitrogen and oxygen atoms in total. The van der Waals surface area contributed by atoms with E-state index in [-0.39, 0.29) is 11.6 Å². The molecule has 1 atom stereocenters. The van der Waals surface area contributed by atoms with Gasteiger partial charge < -0.3 is 14.5 Å². The molecule has 31 heavy (non-hydrogen) atoms. The Kier molecular flexibility index (Phi) is 5.80. The lowest BCUT2D eigenvalue weighted by Gasteiger charge is -2.17. The Labute approximate surface area is 177 Å². The molecule has 1 aliphatic rings. The smallest absolute Gasteiger partial charge is 0.382 e. The van der Waals surface area contributed by atoms with Crippen LogP contribution >= 0.6 is 0 Å². The van der Waals surface area contributed by atoms with Gasteiger partial charge >= 0.3 is 6.18 Å². The van der Waals surface area contributed by atoms with Crippen LogP contribution in [0.4, 0.5) is 18.9 Å². The van der Waals surface area contributed by atoms with Gasteiger partial charge in [-0.05, 0) is 43.0 Å². The van der Waals surface area contributed by atoms with Crippen LogP contribution in [0, 0.1) is 11.3 Å². The lowest BCUT2D eigenvalue weighted by molar-refractivity contribution is -0.137. The Morgan fingerprint density at radius 3 is 2.81 bits per heavy atom. The molecule has 1 unspecified atom stereocenters. The van der Waals surface area contributed by atoms with Crippen LogP contribution in [0.15, 0.2) is 55.5 Å². The van der Waals surface area contributed by atoms with E-state index in [1.807, 2.05) is 17.0 Å². The second kappa shape index (κ2) is 8.68. The molecule has 0 bridgehead atoms. The van der Waals surface area contributed by atoms with E-state index >= 15 is 0 Å². The quantitative estimate of drug-likeness (QED) is 0.594. The largest absolute Gasteiger partial charge is 0.417 e. The fourth-order valence-corrected chi connectivity index (χ4v) is 3.85. The van der Waals surface area contributed by atoms with E-state index in [1.54, 1.807) is 24.9 Å². The van der Waals surface area contributed by atoms with E-state index < -0.39 is 11.7 Å².